The Bertz CT molecular complexity index is 426. The van der Waals surface area contributed by atoms with Crippen molar-refractivity contribution in [2.24, 2.45) is 4.99 Å². The molecule has 5 heteroatoms. The van der Waals surface area contributed by atoms with E-state index in [4.69, 9.17) is 9.47 Å². The zero-order valence-electron chi connectivity index (χ0n) is 9.19. The largest absolute Gasteiger partial charge is 0.495 e. The monoisotopic (exact) mass is 220 g/mol. The third-order valence-corrected chi connectivity index (χ3v) is 2.76. The van der Waals surface area contributed by atoms with Crippen molar-refractivity contribution in [3.63, 3.8) is 0 Å². The highest BCUT2D eigenvalue weighted by atomic mass is 16.5. The molecule has 0 spiro atoms. The molecule has 2 rings (SSSR count). The molecule has 0 radical (unpaired) electrons. The van der Waals surface area contributed by atoms with Gasteiger partial charge in [-0.25, -0.2) is 4.79 Å². The van der Waals surface area contributed by atoms with Gasteiger partial charge in [-0.1, -0.05) is 0 Å². The first-order chi connectivity index (χ1) is 7.77. The summed E-state index contributed by atoms with van der Waals surface area (Å²) in [6, 6.07) is 0. The number of methoxy groups -OCH3 is 2. The van der Waals surface area contributed by atoms with Gasteiger partial charge in [-0.05, 0) is 12.8 Å². The highest BCUT2D eigenvalue weighted by molar-refractivity contribution is 5.52. The average Bonchev–Trinajstić information content (AvgIpc) is 3.09. The number of carbonyl (C=O) groups excluding carboxylic acids is 1. The lowest BCUT2D eigenvalue weighted by Gasteiger charge is -2.16. The Morgan fingerprint density at radius 1 is 1.31 bits per heavy atom. The second kappa shape index (κ2) is 3.94. The maximum Gasteiger partial charge on any atom is 0.235 e. The van der Waals surface area contributed by atoms with Gasteiger partial charge in [-0.15, -0.1) is 0 Å². The van der Waals surface area contributed by atoms with Crippen molar-refractivity contribution in [2.75, 3.05) is 14.2 Å². The van der Waals surface area contributed by atoms with Crippen molar-refractivity contribution in [2.45, 2.75) is 18.4 Å². The number of hydrogen-bond acceptors (Lipinski definition) is 5. The predicted octanol–water partition coefficient (Wildman–Crippen LogP) is 1.42. The fourth-order valence-corrected chi connectivity index (χ4v) is 1.81. The number of aromatic nitrogens is 1. The highest BCUT2D eigenvalue weighted by Crippen LogP contribution is 2.55. The van der Waals surface area contributed by atoms with Gasteiger partial charge in [0.2, 0.25) is 6.08 Å². The summed E-state index contributed by atoms with van der Waals surface area (Å²) in [5.74, 6) is 1.19. The van der Waals surface area contributed by atoms with Gasteiger partial charge in [0.05, 0.1) is 32.2 Å². The minimum atomic E-state index is -0.513. The molecule has 1 aromatic heterocycles. The molecule has 16 heavy (non-hydrogen) atoms. The van der Waals surface area contributed by atoms with E-state index in [9.17, 15) is 4.79 Å². The van der Waals surface area contributed by atoms with Gasteiger partial charge in [-0.3, -0.25) is 4.98 Å². The van der Waals surface area contributed by atoms with E-state index in [2.05, 4.69) is 9.98 Å². The molecule has 1 saturated carbocycles. The predicted molar refractivity (Wildman–Crippen MR) is 56.4 cm³/mol. The molecule has 0 bridgehead atoms. The molecule has 1 aliphatic rings. The number of pyridine rings is 1. The smallest absolute Gasteiger partial charge is 0.235 e. The maximum atomic E-state index is 10.4. The van der Waals surface area contributed by atoms with Gasteiger partial charge in [0.25, 0.3) is 0 Å². The number of aliphatic imine (C=N–C) groups is 1. The van der Waals surface area contributed by atoms with E-state index in [0.29, 0.717) is 11.5 Å². The molecular weight excluding hydrogens is 208 g/mol. The third-order valence-electron chi connectivity index (χ3n) is 2.76. The van der Waals surface area contributed by atoms with E-state index in [1.54, 1.807) is 32.7 Å². The van der Waals surface area contributed by atoms with Gasteiger partial charge < -0.3 is 9.47 Å². The SMILES string of the molecule is COc1cncc(OC)c1C1(N=C=O)CC1. The Morgan fingerprint density at radius 2 is 1.88 bits per heavy atom. The Morgan fingerprint density at radius 3 is 2.25 bits per heavy atom. The van der Waals surface area contributed by atoms with Crippen LogP contribution in [0.5, 0.6) is 11.5 Å². The normalized spacial score (nSPS) is 16.1. The van der Waals surface area contributed by atoms with Crippen LogP contribution in [0.2, 0.25) is 0 Å². The molecule has 0 N–H and O–H groups in total. The van der Waals surface area contributed by atoms with Gasteiger partial charge in [-0.2, -0.15) is 4.99 Å². The molecule has 1 fully saturated rings. The number of ether oxygens (including phenoxy) is 2. The van der Waals surface area contributed by atoms with Gasteiger partial charge in [0.1, 0.15) is 17.0 Å². The van der Waals surface area contributed by atoms with Gasteiger partial charge in [0.15, 0.2) is 0 Å². The molecule has 0 aromatic carbocycles. The van der Waals surface area contributed by atoms with Crippen molar-refractivity contribution >= 4 is 6.08 Å². The maximum absolute atomic E-state index is 10.4. The van der Waals surface area contributed by atoms with E-state index in [0.717, 1.165) is 18.4 Å². The molecule has 84 valence electrons. The molecule has 1 aromatic rings. The van der Waals surface area contributed by atoms with E-state index >= 15 is 0 Å². The minimum Gasteiger partial charge on any atom is -0.495 e. The van der Waals surface area contributed by atoms with E-state index in [1.165, 1.54) is 0 Å². The van der Waals surface area contributed by atoms with Crippen LogP contribution in [0.25, 0.3) is 0 Å². The molecule has 0 amide bonds. The quantitative estimate of drug-likeness (QED) is 0.568. The lowest BCUT2D eigenvalue weighted by molar-refractivity contribution is 0.373. The van der Waals surface area contributed by atoms with Crippen LogP contribution < -0.4 is 9.47 Å². The van der Waals surface area contributed by atoms with Crippen molar-refractivity contribution in [1.82, 2.24) is 4.98 Å². The Balaban J connectivity index is 2.57. The van der Waals surface area contributed by atoms with Crippen LogP contribution in [0.3, 0.4) is 0 Å². The lowest BCUT2D eigenvalue weighted by Crippen LogP contribution is -2.08. The van der Waals surface area contributed by atoms with E-state index in [-0.39, 0.29) is 0 Å². The molecule has 0 unspecified atom stereocenters. The molecule has 0 saturated heterocycles. The second-order valence-corrected chi connectivity index (χ2v) is 3.65. The van der Waals surface area contributed by atoms with E-state index in [1.807, 2.05) is 0 Å². The minimum absolute atomic E-state index is 0.513. The zero-order valence-corrected chi connectivity index (χ0v) is 9.19. The molecule has 1 heterocycles. The van der Waals surface area contributed by atoms with Crippen molar-refractivity contribution in [3.05, 3.63) is 18.0 Å². The summed E-state index contributed by atoms with van der Waals surface area (Å²) >= 11 is 0. The van der Waals surface area contributed by atoms with Crippen molar-refractivity contribution < 1.29 is 14.3 Å². The Labute approximate surface area is 93.1 Å². The van der Waals surface area contributed by atoms with Crippen molar-refractivity contribution in [1.29, 1.82) is 0 Å². The highest BCUT2D eigenvalue weighted by Gasteiger charge is 2.49. The number of nitrogens with zero attached hydrogens (tertiary/aromatic N) is 2. The average molecular weight is 220 g/mol. The van der Waals surface area contributed by atoms with Gasteiger partial charge in [0, 0.05) is 0 Å². The summed E-state index contributed by atoms with van der Waals surface area (Å²) in [5.41, 5.74) is 0.275. The molecule has 5 nitrogen and oxygen atoms in total. The number of hydrogen-bond donors (Lipinski definition) is 0. The summed E-state index contributed by atoms with van der Waals surface area (Å²) < 4.78 is 10.5. The molecule has 0 atom stereocenters. The van der Waals surface area contributed by atoms with E-state index < -0.39 is 5.54 Å². The first-order valence-corrected chi connectivity index (χ1v) is 4.93. The fourth-order valence-electron chi connectivity index (χ4n) is 1.81. The van der Waals surface area contributed by atoms with Crippen LogP contribution in [-0.4, -0.2) is 25.3 Å². The van der Waals surface area contributed by atoms with Crippen LogP contribution in [0.15, 0.2) is 17.4 Å². The Kier molecular flexibility index (Phi) is 2.62. The molecule has 1 aliphatic carbocycles. The standard InChI is InChI=1S/C11H12N2O3/c1-15-8-5-12-6-9(16-2)10(8)11(3-4-11)13-7-14/h5-6H,3-4H2,1-2H3. The van der Waals surface area contributed by atoms with Crippen LogP contribution in [0.4, 0.5) is 0 Å². The number of isocyanates is 1. The van der Waals surface area contributed by atoms with Crippen LogP contribution in [-0.2, 0) is 10.3 Å². The summed E-state index contributed by atoms with van der Waals surface area (Å²) in [4.78, 5) is 18.3. The topological polar surface area (TPSA) is 60.8 Å². The second-order valence-electron chi connectivity index (χ2n) is 3.65. The fraction of sp³-hybridized carbons (Fsp3) is 0.455. The third kappa shape index (κ3) is 1.55. The van der Waals surface area contributed by atoms with Crippen molar-refractivity contribution in [3.8, 4) is 11.5 Å². The Hall–Kier alpha value is -1.87. The number of rotatable bonds is 4. The molecule has 0 aliphatic heterocycles. The van der Waals surface area contributed by atoms with Gasteiger partial charge >= 0.3 is 0 Å². The van der Waals surface area contributed by atoms with Crippen LogP contribution in [0, 0.1) is 0 Å². The molecular formula is C11H12N2O3. The summed E-state index contributed by atoms with van der Waals surface area (Å²) in [6.45, 7) is 0. The first kappa shape index (κ1) is 10.6. The first-order valence-electron chi connectivity index (χ1n) is 4.93. The lowest BCUT2D eigenvalue weighted by atomic mass is 10.1. The van der Waals surface area contributed by atoms with Crippen LogP contribution in [0.1, 0.15) is 18.4 Å². The summed E-state index contributed by atoms with van der Waals surface area (Å²) in [6.07, 6.45) is 6.42. The zero-order chi connectivity index (χ0) is 11.6. The van der Waals surface area contributed by atoms with Crippen LogP contribution >= 0.6 is 0 Å². The summed E-state index contributed by atoms with van der Waals surface area (Å²) in [5, 5.41) is 0. The summed E-state index contributed by atoms with van der Waals surface area (Å²) in [7, 11) is 3.11.